The number of rotatable bonds is 8. The number of aromatic carboxylic acids is 1. The van der Waals surface area contributed by atoms with Crippen molar-refractivity contribution < 1.29 is 27.8 Å². The zero-order valence-corrected chi connectivity index (χ0v) is 13.8. The van der Waals surface area contributed by atoms with Crippen LogP contribution >= 0.6 is 0 Å². The molecule has 0 aliphatic heterocycles. The number of pyridine rings is 1. The third-order valence-electron chi connectivity index (χ3n) is 2.87. The van der Waals surface area contributed by atoms with Gasteiger partial charge in [-0.05, 0) is 19.9 Å². The zero-order valence-electron chi connectivity index (χ0n) is 12.9. The van der Waals surface area contributed by atoms with E-state index in [4.69, 9.17) is 14.6 Å². The molecule has 124 valence electrons. The van der Waals surface area contributed by atoms with Crippen LogP contribution in [0.5, 0.6) is 5.88 Å². The van der Waals surface area contributed by atoms with Gasteiger partial charge >= 0.3 is 5.97 Å². The van der Waals surface area contributed by atoms with Crippen molar-refractivity contribution in [1.82, 2.24) is 4.98 Å². The van der Waals surface area contributed by atoms with Gasteiger partial charge in [0.1, 0.15) is 12.4 Å². The van der Waals surface area contributed by atoms with E-state index in [1.165, 1.54) is 40.1 Å². The second-order valence-corrected chi connectivity index (χ2v) is 7.28. The molecule has 0 unspecified atom stereocenters. The minimum atomic E-state index is -3.62. The molecule has 1 rings (SSSR count). The number of aromatic nitrogens is 1. The number of nitrogens with zero attached hydrogens (tertiary/aromatic N) is 2. The number of methoxy groups -OCH3 is 1. The van der Waals surface area contributed by atoms with E-state index >= 15 is 0 Å². The zero-order chi connectivity index (χ0) is 16.9. The molecule has 1 N–H and O–H groups in total. The van der Waals surface area contributed by atoms with Crippen molar-refractivity contribution >= 4 is 21.8 Å². The smallest absolute Gasteiger partial charge is 0.336 e. The van der Waals surface area contributed by atoms with E-state index in [9.17, 15) is 13.2 Å². The highest BCUT2D eigenvalue weighted by Crippen LogP contribution is 2.22. The summed E-state index contributed by atoms with van der Waals surface area (Å²) in [6.07, 6.45) is 0. The Hall–Kier alpha value is -1.87. The van der Waals surface area contributed by atoms with E-state index < -0.39 is 21.2 Å². The molecule has 9 heteroatoms. The molecule has 0 fully saturated rings. The Bertz CT molecular complexity index is 629. The number of hydrogen-bond acceptors (Lipinski definition) is 6. The average molecular weight is 332 g/mol. The first-order valence-electron chi connectivity index (χ1n) is 6.55. The Morgan fingerprint density at radius 2 is 2.00 bits per heavy atom. The van der Waals surface area contributed by atoms with Crippen LogP contribution in [-0.4, -0.2) is 57.1 Å². The van der Waals surface area contributed by atoms with E-state index in [1.54, 1.807) is 0 Å². The van der Waals surface area contributed by atoms with E-state index in [0.29, 0.717) is 6.61 Å². The molecule has 0 saturated carbocycles. The van der Waals surface area contributed by atoms with Crippen LogP contribution in [0, 0.1) is 0 Å². The fourth-order valence-electron chi connectivity index (χ4n) is 1.53. The van der Waals surface area contributed by atoms with Crippen molar-refractivity contribution in [2.45, 2.75) is 19.1 Å². The molecule has 0 bridgehead atoms. The van der Waals surface area contributed by atoms with Crippen LogP contribution in [0.1, 0.15) is 24.2 Å². The van der Waals surface area contributed by atoms with Gasteiger partial charge in [0.2, 0.25) is 15.9 Å². The van der Waals surface area contributed by atoms with Gasteiger partial charge in [-0.2, -0.15) is 4.98 Å². The second kappa shape index (κ2) is 7.41. The van der Waals surface area contributed by atoms with Crippen LogP contribution in [0.3, 0.4) is 0 Å². The van der Waals surface area contributed by atoms with Gasteiger partial charge in [-0.25, -0.2) is 13.2 Å². The first-order chi connectivity index (χ1) is 10.2. The fourth-order valence-corrected chi connectivity index (χ4v) is 2.51. The van der Waals surface area contributed by atoms with E-state index in [2.05, 4.69) is 4.98 Å². The minimum Gasteiger partial charge on any atom is -0.478 e. The second-order valence-electron chi connectivity index (χ2n) is 4.76. The summed E-state index contributed by atoms with van der Waals surface area (Å²) < 4.78 is 35.4. The average Bonchev–Trinajstić information content (AvgIpc) is 2.46. The van der Waals surface area contributed by atoms with E-state index in [0.717, 1.165) is 4.31 Å². The summed E-state index contributed by atoms with van der Waals surface area (Å²) in [6, 6.07) is 2.42. The van der Waals surface area contributed by atoms with Crippen LogP contribution in [-0.2, 0) is 14.8 Å². The van der Waals surface area contributed by atoms with Gasteiger partial charge in [0, 0.05) is 20.2 Å². The molecule has 8 nitrogen and oxygen atoms in total. The van der Waals surface area contributed by atoms with Gasteiger partial charge in [-0.1, -0.05) is 0 Å². The van der Waals surface area contributed by atoms with Crippen LogP contribution in [0.4, 0.5) is 5.82 Å². The normalized spacial score (nSPS) is 11.5. The Morgan fingerprint density at radius 1 is 1.36 bits per heavy atom. The number of anilines is 1. The quantitative estimate of drug-likeness (QED) is 0.707. The van der Waals surface area contributed by atoms with Gasteiger partial charge in [0.15, 0.2) is 0 Å². The predicted molar refractivity (Wildman–Crippen MR) is 81.0 cm³/mol. The van der Waals surface area contributed by atoms with Crippen molar-refractivity contribution in [1.29, 1.82) is 0 Å². The lowest BCUT2D eigenvalue weighted by Gasteiger charge is -2.21. The maximum absolute atomic E-state index is 12.2. The molecular weight excluding hydrogens is 312 g/mol. The van der Waals surface area contributed by atoms with Crippen LogP contribution < -0.4 is 9.04 Å². The first kappa shape index (κ1) is 18.2. The first-order valence-corrected chi connectivity index (χ1v) is 8.05. The summed E-state index contributed by atoms with van der Waals surface area (Å²) in [4.78, 5) is 15.2. The molecule has 0 spiro atoms. The Labute approximate surface area is 129 Å². The number of sulfonamides is 1. The molecule has 0 radical (unpaired) electrons. The number of hydrogen-bond donors (Lipinski definition) is 1. The summed E-state index contributed by atoms with van der Waals surface area (Å²) in [5.74, 6) is -1.19. The molecule has 0 aromatic carbocycles. The Balaban J connectivity index is 3.20. The fraction of sp³-hybridized carbons (Fsp3) is 0.538. The van der Waals surface area contributed by atoms with Crippen LogP contribution in [0.2, 0.25) is 0 Å². The van der Waals surface area contributed by atoms with Crippen molar-refractivity contribution in [3.8, 4) is 5.88 Å². The Morgan fingerprint density at radius 3 is 2.50 bits per heavy atom. The number of carboxylic acid groups (broad SMARTS) is 1. The SMILES string of the molecule is COCCOc1cc(C(=O)O)cc(N(C)S(=O)(=O)C(C)C)n1. The summed E-state index contributed by atoms with van der Waals surface area (Å²) in [7, 11) is -0.796. The maximum Gasteiger partial charge on any atom is 0.336 e. The largest absolute Gasteiger partial charge is 0.478 e. The molecule has 1 aromatic heterocycles. The third kappa shape index (κ3) is 4.31. The van der Waals surface area contributed by atoms with Gasteiger partial charge in [-0.3, -0.25) is 4.31 Å². The standard InChI is InChI=1S/C13H20N2O6S/c1-9(2)22(18,19)15(3)11-7-10(13(16)17)8-12(14-11)21-6-5-20-4/h7-9H,5-6H2,1-4H3,(H,16,17). The molecule has 22 heavy (non-hydrogen) atoms. The van der Waals surface area contributed by atoms with Gasteiger partial charge in [0.05, 0.1) is 17.4 Å². The summed E-state index contributed by atoms with van der Waals surface area (Å²) in [6.45, 7) is 3.53. The summed E-state index contributed by atoms with van der Waals surface area (Å²) in [5, 5.41) is 8.46. The highest BCUT2D eigenvalue weighted by Gasteiger charge is 2.25. The Kier molecular flexibility index (Phi) is 6.12. The molecule has 0 aliphatic carbocycles. The van der Waals surface area contributed by atoms with Crippen LogP contribution in [0.15, 0.2) is 12.1 Å². The van der Waals surface area contributed by atoms with Crippen molar-refractivity contribution in [2.75, 3.05) is 31.7 Å². The predicted octanol–water partition coefficient (Wildman–Crippen LogP) is 0.979. The molecule has 1 heterocycles. The van der Waals surface area contributed by atoms with Gasteiger partial charge in [-0.15, -0.1) is 0 Å². The molecule has 1 aromatic rings. The van der Waals surface area contributed by atoms with Gasteiger partial charge in [0.25, 0.3) is 0 Å². The lowest BCUT2D eigenvalue weighted by atomic mass is 10.2. The third-order valence-corrected chi connectivity index (χ3v) is 5.01. The van der Waals surface area contributed by atoms with Crippen LogP contribution in [0.25, 0.3) is 0 Å². The van der Waals surface area contributed by atoms with E-state index in [-0.39, 0.29) is 23.9 Å². The molecule has 0 atom stereocenters. The topological polar surface area (TPSA) is 106 Å². The minimum absolute atomic E-state index is 0.0129. The maximum atomic E-state index is 12.2. The highest BCUT2D eigenvalue weighted by molar-refractivity contribution is 7.93. The lowest BCUT2D eigenvalue weighted by Crippen LogP contribution is -2.33. The number of ether oxygens (including phenoxy) is 2. The highest BCUT2D eigenvalue weighted by atomic mass is 32.2. The molecule has 0 saturated heterocycles. The monoisotopic (exact) mass is 332 g/mol. The summed E-state index contributed by atoms with van der Waals surface area (Å²) >= 11 is 0. The van der Waals surface area contributed by atoms with Gasteiger partial charge < -0.3 is 14.6 Å². The molecule has 0 aliphatic rings. The van der Waals surface area contributed by atoms with Crippen molar-refractivity contribution in [2.24, 2.45) is 0 Å². The lowest BCUT2D eigenvalue weighted by molar-refractivity contribution is 0.0696. The number of carboxylic acids is 1. The molecular formula is C13H20N2O6S. The number of carbonyl (C=O) groups is 1. The summed E-state index contributed by atoms with van der Waals surface area (Å²) in [5.41, 5.74) is -0.108. The van der Waals surface area contributed by atoms with E-state index in [1.807, 2.05) is 0 Å². The molecule has 0 amide bonds. The van der Waals surface area contributed by atoms with Crippen molar-refractivity contribution in [3.63, 3.8) is 0 Å². The van der Waals surface area contributed by atoms with Crippen molar-refractivity contribution in [3.05, 3.63) is 17.7 Å².